The van der Waals surface area contributed by atoms with Gasteiger partial charge in [-0.15, -0.1) is 23.7 Å². The second kappa shape index (κ2) is 7.72. The first-order chi connectivity index (χ1) is 11.4. The van der Waals surface area contributed by atoms with E-state index in [-0.39, 0.29) is 30.3 Å². The molecule has 0 aromatic carbocycles. The molecular weight excluding hydrogens is 362 g/mol. The van der Waals surface area contributed by atoms with Crippen LogP contribution >= 0.6 is 23.7 Å². The molecule has 2 unspecified atom stereocenters. The number of carbonyl (C=O) groups excluding carboxylic acids is 2. The van der Waals surface area contributed by atoms with Gasteiger partial charge in [0.25, 0.3) is 5.91 Å². The molecule has 0 saturated carbocycles. The molecule has 25 heavy (non-hydrogen) atoms. The van der Waals surface area contributed by atoms with Crippen molar-refractivity contribution in [1.29, 1.82) is 0 Å². The van der Waals surface area contributed by atoms with E-state index in [4.69, 9.17) is 0 Å². The zero-order valence-electron chi connectivity index (χ0n) is 14.8. The van der Waals surface area contributed by atoms with Crippen LogP contribution in [-0.2, 0) is 11.8 Å². The van der Waals surface area contributed by atoms with Crippen LogP contribution in [0.3, 0.4) is 0 Å². The number of hydrogen-bond donors (Lipinski definition) is 2. The van der Waals surface area contributed by atoms with E-state index in [9.17, 15) is 9.59 Å². The standard InChI is InChI=1S/C16H23N5O2S.ClH/c1-9-8-17-5-6-21(9)15(23)11(3)18-14(22)13-7-12-10(2)19-20(4)16(12)24-13;/h7,9,11,17H,5-6,8H2,1-4H3,(H,18,22);1H. The van der Waals surface area contributed by atoms with Gasteiger partial charge < -0.3 is 15.5 Å². The van der Waals surface area contributed by atoms with Gasteiger partial charge in [-0.25, -0.2) is 0 Å². The molecule has 3 rings (SSSR count). The third-order valence-electron chi connectivity index (χ3n) is 4.42. The Balaban J connectivity index is 0.00000225. The van der Waals surface area contributed by atoms with E-state index in [2.05, 4.69) is 15.7 Å². The average Bonchev–Trinajstić information content (AvgIpc) is 3.09. The van der Waals surface area contributed by atoms with Crippen molar-refractivity contribution in [3.8, 4) is 0 Å². The number of amides is 2. The van der Waals surface area contributed by atoms with Crippen molar-refractivity contribution >= 4 is 45.8 Å². The molecule has 2 amide bonds. The van der Waals surface area contributed by atoms with Crippen LogP contribution in [-0.4, -0.2) is 58.2 Å². The van der Waals surface area contributed by atoms with Crippen LogP contribution in [0, 0.1) is 6.92 Å². The molecule has 7 nitrogen and oxygen atoms in total. The molecule has 2 aromatic heterocycles. The number of rotatable bonds is 3. The highest BCUT2D eigenvalue weighted by Gasteiger charge is 2.28. The molecule has 1 saturated heterocycles. The van der Waals surface area contributed by atoms with Crippen LogP contribution in [0.15, 0.2) is 6.07 Å². The van der Waals surface area contributed by atoms with Crippen molar-refractivity contribution in [3.63, 3.8) is 0 Å². The lowest BCUT2D eigenvalue weighted by molar-refractivity contribution is -0.135. The highest BCUT2D eigenvalue weighted by Crippen LogP contribution is 2.27. The van der Waals surface area contributed by atoms with Crippen LogP contribution < -0.4 is 10.6 Å². The third kappa shape index (κ3) is 3.80. The average molecular weight is 386 g/mol. The van der Waals surface area contributed by atoms with Crippen molar-refractivity contribution in [3.05, 3.63) is 16.6 Å². The normalized spacial score (nSPS) is 18.7. The molecule has 2 atom stereocenters. The van der Waals surface area contributed by atoms with Crippen LogP contribution in [0.25, 0.3) is 10.2 Å². The smallest absolute Gasteiger partial charge is 0.262 e. The number of aromatic nitrogens is 2. The maximum Gasteiger partial charge on any atom is 0.262 e. The molecule has 0 radical (unpaired) electrons. The zero-order valence-corrected chi connectivity index (χ0v) is 16.5. The number of thiophene rings is 1. The van der Waals surface area contributed by atoms with Crippen molar-refractivity contribution in [1.82, 2.24) is 25.3 Å². The minimum absolute atomic E-state index is 0. The van der Waals surface area contributed by atoms with Gasteiger partial charge in [-0.1, -0.05) is 0 Å². The maximum absolute atomic E-state index is 12.6. The predicted octanol–water partition coefficient (Wildman–Crippen LogP) is 1.30. The first-order valence-electron chi connectivity index (χ1n) is 8.13. The Morgan fingerprint density at radius 3 is 2.84 bits per heavy atom. The Kier molecular flexibility index (Phi) is 6.08. The first kappa shape index (κ1) is 19.7. The van der Waals surface area contributed by atoms with Crippen LogP contribution in [0.4, 0.5) is 0 Å². The summed E-state index contributed by atoms with van der Waals surface area (Å²) in [7, 11) is 1.87. The highest BCUT2D eigenvalue weighted by molar-refractivity contribution is 7.20. The third-order valence-corrected chi connectivity index (χ3v) is 5.62. The number of carbonyl (C=O) groups is 2. The summed E-state index contributed by atoms with van der Waals surface area (Å²) in [6, 6.07) is 1.45. The van der Waals surface area contributed by atoms with Crippen LogP contribution in [0.2, 0.25) is 0 Å². The molecule has 3 heterocycles. The van der Waals surface area contributed by atoms with Crippen LogP contribution in [0.1, 0.15) is 29.2 Å². The van der Waals surface area contributed by atoms with Gasteiger partial charge in [0.2, 0.25) is 5.91 Å². The molecule has 2 aromatic rings. The van der Waals surface area contributed by atoms with Crippen molar-refractivity contribution in [2.24, 2.45) is 7.05 Å². The largest absolute Gasteiger partial charge is 0.340 e. The summed E-state index contributed by atoms with van der Waals surface area (Å²) in [5, 5.41) is 11.4. The summed E-state index contributed by atoms with van der Waals surface area (Å²) >= 11 is 1.40. The SMILES string of the molecule is Cc1nn(C)c2sc(C(=O)NC(C)C(=O)N3CCNCC3C)cc12.Cl. The minimum atomic E-state index is -0.539. The number of fused-ring (bicyclic) bond motifs is 1. The minimum Gasteiger partial charge on any atom is -0.340 e. The molecule has 0 aliphatic carbocycles. The number of halogens is 1. The summed E-state index contributed by atoms with van der Waals surface area (Å²) in [6.45, 7) is 7.94. The second-order valence-corrected chi connectivity index (χ2v) is 7.35. The predicted molar refractivity (Wildman–Crippen MR) is 102 cm³/mol. The van der Waals surface area contributed by atoms with Gasteiger partial charge in [0, 0.05) is 38.1 Å². The van der Waals surface area contributed by atoms with E-state index in [1.54, 1.807) is 11.6 Å². The van der Waals surface area contributed by atoms with E-state index < -0.39 is 6.04 Å². The molecule has 9 heteroatoms. The number of hydrogen-bond acceptors (Lipinski definition) is 5. The monoisotopic (exact) mass is 385 g/mol. The Hall–Kier alpha value is -1.64. The highest BCUT2D eigenvalue weighted by atomic mass is 35.5. The first-order valence-corrected chi connectivity index (χ1v) is 8.95. The number of nitrogens with one attached hydrogen (secondary N) is 2. The van der Waals surface area contributed by atoms with Crippen molar-refractivity contribution in [2.45, 2.75) is 32.9 Å². The van der Waals surface area contributed by atoms with Gasteiger partial charge in [-0.2, -0.15) is 5.10 Å². The van der Waals surface area contributed by atoms with Crippen LogP contribution in [0.5, 0.6) is 0 Å². The molecule has 1 aliphatic rings. The van der Waals surface area contributed by atoms with Gasteiger partial charge >= 0.3 is 0 Å². The van der Waals surface area contributed by atoms with Gasteiger partial charge in [-0.3, -0.25) is 14.3 Å². The number of piperazine rings is 1. The summed E-state index contributed by atoms with van der Waals surface area (Å²) in [6.07, 6.45) is 0. The van der Waals surface area contributed by atoms with Gasteiger partial charge in [0.05, 0.1) is 10.6 Å². The number of aryl methyl sites for hydroxylation is 2. The fourth-order valence-corrected chi connectivity index (χ4v) is 4.09. The van der Waals surface area contributed by atoms with E-state index in [1.165, 1.54) is 11.3 Å². The molecule has 1 aliphatic heterocycles. The topological polar surface area (TPSA) is 79.3 Å². The molecule has 0 spiro atoms. The fraction of sp³-hybridized carbons (Fsp3) is 0.562. The molecule has 1 fully saturated rings. The fourth-order valence-electron chi connectivity index (χ4n) is 3.06. The van der Waals surface area contributed by atoms with Crippen molar-refractivity contribution < 1.29 is 9.59 Å². The summed E-state index contributed by atoms with van der Waals surface area (Å²) in [4.78, 5) is 28.5. The Morgan fingerprint density at radius 1 is 1.48 bits per heavy atom. The van der Waals surface area contributed by atoms with Gasteiger partial charge in [0.1, 0.15) is 10.9 Å². The lowest BCUT2D eigenvalue weighted by atomic mass is 10.1. The molecule has 2 N–H and O–H groups in total. The van der Waals surface area contributed by atoms with E-state index in [1.807, 2.05) is 31.9 Å². The van der Waals surface area contributed by atoms with E-state index >= 15 is 0 Å². The maximum atomic E-state index is 12.6. The second-order valence-electron chi connectivity index (χ2n) is 6.32. The lowest BCUT2D eigenvalue weighted by Crippen LogP contribution is -2.57. The molecule has 0 bridgehead atoms. The lowest BCUT2D eigenvalue weighted by Gasteiger charge is -2.35. The van der Waals surface area contributed by atoms with Gasteiger partial charge in [0.15, 0.2) is 0 Å². The van der Waals surface area contributed by atoms with E-state index in [0.717, 1.165) is 29.0 Å². The van der Waals surface area contributed by atoms with Gasteiger partial charge in [-0.05, 0) is 26.8 Å². The molecular formula is C16H24ClN5O2S. The summed E-state index contributed by atoms with van der Waals surface area (Å²) in [5.41, 5.74) is 0.904. The Morgan fingerprint density at radius 2 is 2.20 bits per heavy atom. The summed E-state index contributed by atoms with van der Waals surface area (Å²) in [5.74, 6) is -0.240. The van der Waals surface area contributed by atoms with E-state index in [0.29, 0.717) is 11.4 Å². The Labute approximate surface area is 157 Å². The number of nitrogens with zero attached hydrogens (tertiary/aromatic N) is 3. The van der Waals surface area contributed by atoms with Crippen molar-refractivity contribution in [2.75, 3.05) is 19.6 Å². The molecule has 138 valence electrons. The summed E-state index contributed by atoms with van der Waals surface area (Å²) < 4.78 is 1.78. The zero-order chi connectivity index (χ0) is 17.4. The Bertz CT molecular complexity index is 752. The quantitative estimate of drug-likeness (QED) is 0.834.